The molecular weight excluding hydrogens is 189 g/mol. The minimum atomic E-state index is -0.198. The molecule has 0 saturated heterocycles. The first-order chi connectivity index (χ1) is 7.20. The lowest BCUT2D eigenvalue weighted by molar-refractivity contribution is 0.323. The first-order valence-corrected chi connectivity index (χ1v) is 5.74. The van der Waals surface area contributed by atoms with Gasteiger partial charge < -0.3 is 5.73 Å². The van der Waals surface area contributed by atoms with E-state index in [1.807, 2.05) is 12.1 Å². The van der Waals surface area contributed by atoms with Crippen molar-refractivity contribution in [1.82, 2.24) is 0 Å². The number of anilines is 1. The molecule has 1 saturated carbocycles. The third-order valence-electron chi connectivity index (χ3n) is 3.57. The van der Waals surface area contributed by atoms with Crippen LogP contribution in [0.3, 0.4) is 0 Å². The van der Waals surface area contributed by atoms with E-state index in [-0.39, 0.29) is 11.5 Å². The van der Waals surface area contributed by atoms with E-state index in [0.29, 0.717) is 11.8 Å². The molecule has 0 spiro atoms. The summed E-state index contributed by atoms with van der Waals surface area (Å²) in [5.74, 6) is 0.744. The second-order valence-electron chi connectivity index (χ2n) is 4.62. The molecule has 0 bridgehead atoms. The maximum absolute atomic E-state index is 13.8. The SMILES string of the molecule is C[C@@H]1CCCC[C@@H]1c1cccc(N)c1F. The van der Waals surface area contributed by atoms with Crippen molar-refractivity contribution in [2.75, 3.05) is 5.73 Å². The van der Waals surface area contributed by atoms with Crippen molar-refractivity contribution < 1.29 is 4.39 Å². The van der Waals surface area contributed by atoms with Crippen LogP contribution in [0.2, 0.25) is 0 Å². The first kappa shape index (κ1) is 10.5. The minimum absolute atomic E-state index is 0.198. The summed E-state index contributed by atoms with van der Waals surface area (Å²) in [7, 11) is 0. The van der Waals surface area contributed by atoms with E-state index in [1.165, 1.54) is 19.3 Å². The molecule has 0 heterocycles. The van der Waals surface area contributed by atoms with Crippen molar-refractivity contribution in [1.29, 1.82) is 0 Å². The lowest BCUT2D eigenvalue weighted by atomic mass is 9.76. The van der Waals surface area contributed by atoms with Gasteiger partial charge in [0.1, 0.15) is 5.82 Å². The molecule has 2 heteroatoms. The van der Waals surface area contributed by atoms with Gasteiger partial charge in [0.15, 0.2) is 0 Å². The van der Waals surface area contributed by atoms with Crippen molar-refractivity contribution >= 4 is 5.69 Å². The largest absolute Gasteiger partial charge is 0.396 e. The predicted octanol–water partition coefficient (Wildman–Crippen LogP) is 3.70. The Labute approximate surface area is 90.5 Å². The van der Waals surface area contributed by atoms with Gasteiger partial charge >= 0.3 is 0 Å². The molecular formula is C13H18FN. The van der Waals surface area contributed by atoms with Crippen LogP contribution in [0.5, 0.6) is 0 Å². The van der Waals surface area contributed by atoms with E-state index in [2.05, 4.69) is 6.92 Å². The van der Waals surface area contributed by atoms with Crippen molar-refractivity contribution in [3.63, 3.8) is 0 Å². The molecule has 0 radical (unpaired) electrons. The van der Waals surface area contributed by atoms with Gasteiger partial charge in [0.2, 0.25) is 0 Å². The summed E-state index contributed by atoms with van der Waals surface area (Å²) in [5.41, 5.74) is 6.70. The maximum Gasteiger partial charge on any atom is 0.149 e. The van der Waals surface area contributed by atoms with Gasteiger partial charge in [0.25, 0.3) is 0 Å². The van der Waals surface area contributed by atoms with Gasteiger partial charge in [-0.25, -0.2) is 4.39 Å². The van der Waals surface area contributed by atoms with Gasteiger partial charge in [-0.15, -0.1) is 0 Å². The molecule has 0 unspecified atom stereocenters. The lowest BCUT2D eigenvalue weighted by Gasteiger charge is -2.29. The van der Waals surface area contributed by atoms with Crippen molar-refractivity contribution in [2.45, 2.75) is 38.5 Å². The van der Waals surface area contributed by atoms with Crippen LogP contribution in [0.15, 0.2) is 18.2 Å². The highest BCUT2D eigenvalue weighted by Gasteiger charge is 2.25. The fourth-order valence-electron chi connectivity index (χ4n) is 2.63. The number of benzene rings is 1. The standard InChI is InChI=1S/C13H18FN/c1-9-5-2-3-6-10(9)11-7-4-8-12(15)13(11)14/h4,7-10H,2-3,5-6,15H2,1H3/t9-,10+/m1/s1. The van der Waals surface area contributed by atoms with Crippen LogP contribution in [-0.2, 0) is 0 Å². The van der Waals surface area contributed by atoms with E-state index in [1.54, 1.807) is 6.07 Å². The van der Waals surface area contributed by atoms with Crippen LogP contribution >= 0.6 is 0 Å². The number of hydrogen-bond donors (Lipinski definition) is 1. The Balaban J connectivity index is 2.31. The van der Waals surface area contributed by atoms with E-state index in [0.717, 1.165) is 12.0 Å². The zero-order valence-corrected chi connectivity index (χ0v) is 9.17. The molecule has 0 aliphatic heterocycles. The number of rotatable bonds is 1. The Hall–Kier alpha value is -1.05. The molecule has 0 aromatic heterocycles. The molecule has 1 fully saturated rings. The van der Waals surface area contributed by atoms with Crippen LogP contribution in [-0.4, -0.2) is 0 Å². The second kappa shape index (κ2) is 4.21. The average molecular weight is 207 g/mol. The van der Waals surface area contributed by atoms with Crippen LogP contribution < -0.4 is 5.73 Å². The number of nitrogens with two attached hydrogens (primary N) is 1. The zero-order chi connectivity index (χ0) is 10.8. The van der Waals surface area contributed by atoms with Crippen molar-refractivity contribution in [2.24, 2.45) is 5.92 Å². The van der Waals surface area contributed by atoms with E-state index in [9.17, 15) is 4.39 Å². The molecule has 1 aliphatic carbocycles. The normalized spacial score (nSPS) is 26.5. The van der Waals surface area contributed by atoms with Crippen LogP contribution in [0, 0.1) is 11.7 Å². The summed E-state index contributed by atoms with van der Waals surface area (Å²) < 4.78 is 13.8. The fourth-order valence-corrected chi connectivity index (χ4v) is 2.63. The second-order valence-corrected chi connectivity index (χ2v) is 4.62. The molecule has 82 valence electrons. The molecule has 1 aliphatic rings. The van der Waals surface area contributed by atoms with Crippen molar-refractivity contribution in [3.8, 4) is 0 Å². The smallest absolute Gasteiger partial charge is 0.149 e. The zero-order valence-electron chi connectivity index (χ0n) is 9.17. The van der Waals surface area contributed by atoms with Crippen LogP contribution in [0.1, 0.15) is 44.1 Å². The first-order valence-electron chi connectivity index (χ1n) is 5.74. The summed E-state index contributed by atoms with van der Waals surface area (Å²) in [5, 5.41) is 0. The predicted molar refractivity (Wildman–Crippen MR) is 61.2 cm³/mol. The number of hydrogen-bond acceptors (Lipinski definition) is 1. The summed E-state index contributed by atoms with van der Waals surface area (Å²) in [4.78, 5) is 0. The third kappa shape index (κ3) is 1.99. The van der Waals surface area contributed by atoms with E-state index < -0.39 is 0 Å². The third-order valence-corrected chi connectivity index (χ3v) is 3.57. The maximum atomic E-state index is 13.8. The minimum Gasteiger partial charge on any atom is -0.396 e. The lowest BCUT2D eigenvalue weighted by Crippen LogP contribution is -2.16. The monoisotopic (exact) mass is 207 g/mol. The summed E-state index contributed by atoms with van der Waals surface area (Å²) in [6.07, 6.45) is 4.80. The highest BCUT2D eigenvalue weighted by molar-refractivity contribution is 5.44. The number of nitrogen functional groups attached to an aromatic ring is 1. The molecule has 15 heavy (non-hydrogen) atoms. The van der Waals surface area contributed by atoms with Crippen LogP contribution in [0.4, 0.5) is 10.1 Å². The molecule has 1 aromatic rings. The number of halogens is 1. The molecule has 1 aromatic carbocycles. The Kier molecular flexibility index (Phi) is 2.94. The highest BCUT2D eigenvalue weighted by Crippen LogP contribution is 2.39. The van der Waals surface area contributed by atoms with Gasteiger partial charge in [-0.2, -0.15) is 0 Å². The highest BCUT2D eigenvalue weighted by atomic mass is 19.1. The average Bonchev–Trinajstić information content (AvgIpc) is 2.23. The topological polar surface area (TPSA) is 26.0 Å². The molecule has 2 atom stereocenters. The quantitative estimate of drug-likeness (QED) is 0.698. The molecule has 2 rings (SSSR count). The molecule has 0 amide bonds. The Morgan fingerprint density at radius 1 is 1.27 bits per heavy atom. The van der Waals surface area contributed by atoms with E-state index in [4.69, 9.17) is 5.73 Å². The van der Waals surface area contributed by atoms with Gasteiger partial charge in [-0.05, 0) is 29.9 Å². The van der Waals surface area contributed by atoms with Crippen LogP contribution in [0.25, 0.3) is 0 Å². The Morgan fingerprint density at radius 3 is 2.73 bits per heavy atom. The van der Waals surface area contributed by atoms with Gasteiger partial charge in [-0.3, -0.25) is 0 Å². The van der Waals surface area contributed by atoms with Gasteiger partial charge in [0.05, 0.1) is 5.69 Å². The molecule has 2 N–H and O–H groups in total. The molecule has 1 nitrogen and oxygen atoms in total. The summed E-state index contributed by atoms with van der Waals surface area (Å²) >= 11 is 0. The Morgan fingerprint density at radius 2 is 2.00 bits per heavy atom. The fraction of sp³-hybridized carbons (Fsp3) is 0.538. The summed E-state index contributed by atoms with van der Waals surface area (Å²) in [6, 6.07) is 5.37. The summed E-state index contributed by atoms with van der Waals surface area (Å²) in [6.45, 7) is 2.21. The van der Waals surface area contributed by atoms with Gasteiger partial charge in [0, 0.05) is 0 Å². The Bertz CT molecular complexity index is 348. The van der Waals surface area contributed by atoms with Gasteiger partial charge in [-0.1, -0.05) is 38.3 Å². The van der Waals surface area contributed by atoms with Crippen molar-refractivity contribution in [3.05, 3.63) is 29.6 Å². The van der Waals surface area contributed by atoms with E-state index >= 15 is 0 Å².